The Balaban J connectivity index is 2.21. The van der Waals surface area contributed by atoms with Crippen LogP contribution in [0, 0.1) is 12.8 Å². The molecule has 2 rings (SSSR count). The first-order valence-corrected chi connectivity index (χ1v) is 6.21. The van der Waals surface area contributed by atoms with E-state index in [0.717, 1.165) is 30.9 Å². The maximum Gasteiger partial charge on any atom is 0.133 e. The van der Waals surface area contributed by atoms with Crippen molar-refractivity contribution in [2.24, 2.45) is 11.7 Å². The molecule has 1 saturated heterocycles. The third-order valence-electron chi connectivity index (χ3n) is 3.68. The van der Waals surface area contributed by atoms with Crippen LogP contribution in [-0.4, -0.2) is 29.3 Å². The van der Waals surface area contributed by atoms with E-state index in [4.69, 9.17) is 5.73 Å². The van der Waals surface area contributed by atoms with Gasteiger partial charge in [-0.25, -0.2) is 4.98 Å². The summed E-state index contributed by atoms with van der Waals surface area (Å²) in [6.45, 7) is 6.28. The monoisotopic (exact) mass is 235 g/mol. The first-order chi connectivity index (χ1) is 8.13. The number of anilines is 1. The minimum atomic E-state index is -0.244. The highest BCUT2D eigenvalue weighted by molar-refractivity contribution is 5.51. The predicted octanol–water partition coefficient (Wildman–Crippen LogP) is 1.06. The quantitative estimate of drug-likeness (QED) is 0.822. The summed E-state index contributed by atoms with van der Waals surface area (Å²) in [6.07, 6.45) is 2.61. The zero-order valence-corrected chi connectivity index (χ0v) is 10.6. The van der Waals surface area contributed by atoms with Crippen molar-refractivity contribution in [1.29, 1.82) is 0 Å². The Morgan fingerprint density at radius 2 is 2.41 bits per heavy atom. The molecule has 4 nitrogen and oxygen atoms in total. The Morgan fingerprint density at radius 3 is 3.00 bits per heavy atom. The van der Waals surface area contributed by atoms with Gasteiger partial charge in [-0.15, -0.1) is 0 Å². The van der Waals surface area contributed by atoms with E-state index in [2.05, 4.69) is 16.8 Å². The minimum absolute atomic E-state index is 0.244. The summed E-state index contributed by atoms with van der Waals surface area (Å²) in [5, 5.41) is 9.63. The van der Waals surface area contributed by atoms with Gasteiger partial charge < -0.3 is 15.7 Å². The fourth-order valence-electron chi connectivity index (χ4n) is 2.47. The van der Waals surface area contributed by atoms with Crippen LogP contribution >= 0.6 is 0 Å². The molecule has 1 aromatic rings. The number of aryl methyl sites for hydroxylation is 1. The molecule has 1 aliphatic rings. The highest BCUT2D eigenvalue weighted by Gasteiger charge is 2.28. The summed E-state index contributed by atoms with van der Waals surface area (Å²) >= 11 is 0. The number of aromatic nitrogens is 1. The van der Waals surface area contributed by atoms with Crippen molar-refractivity contribution in [3.8, 4) is 0 Å². The van der Waals surface area contributed by atoms with Crippen molar-refractivity contribution < 1.29 is 5.11 Å². The van der Waals surface area contributed by atoms with E-state index in [1.807, 2.05) is 19.2 Å². The molecule has 2 heterocycles. The zero-order chi connectivity index (χ0) is 12.4. The molecule has 17 heavy (non-hydrogen) atoms. The molecule has 0 amide bonds. The topological polar surface area (TPSA) is 62.4 Å². The normalized spacial score (nSPS) is 21.9. The molecule has 1 fully saturated rings. The highest BCUT2D eigenvalue weighted by atomic mass is 16.3. The summed E-state index contributed by atoms with van der Waals surface area (Å²) < 4.78 is 0. The molecule has 3 N–H and O–H groups in total. The molecule has 0 saturated carbocycles. The van der Waals surface area contributed by atoms with Crippen LogP contribution in [0.5, 0.6) is 0 Å². The average Bonchev–Trinajstić information content (AvgIpc) is 2.77. The van der Waals surface area contributed by atoms with E-state index < -0.39 is 0 Å². The van der Waals surface area contributed by atoms with Crippen LogP contribution in [-0.2, 0) is 6.54 Å². The number of hydrogen-bond acceptors (Lipinski definition) is 4. The van der Waals surface area contributed by atoms with Gasteiger partial charge in [0.1, 0.15) is 5.82 Å². The van der Waals surface area contributed by atoms with Crippen molar-refractivity contribution in [2.45, 2.75) is 32.9 Å². The van der Waals surface area contributed by atoms with Crippen LogP contribution in [0.4, 0.5) is 5.82 Å². The van der Waals surface area contributed by atoms with E-state index in [0.29, 0.717) is 12.5 Å². The van der Waals surface area contributed by atoms with Crippen molar-refractivity contribution in [2.75, 3.05) is 18.0 Å². The number of pyridine rings is 1. The third-order valence-corrected chi connectivity index (χ3v) is 3.68. The molecule has 0 radical (unpaired) electrons. The van der Waals surface area contributed by atoms with Gasteiger partial charge in [0.15, 0.2) is 0 Å². The molecule has 94 valence electrons. The summed E-state index contributed by atoms with van der Waals surface area (Å²) in [5.41, 5.74) is 8.11. The molecular formula is C13H21N3O. The first-order valence-electron chi connectivity index (χ1n) is 6.21. The van der Waals surface area contributed by atoms with Gasteiger partial charge in [-0.3, -0.25) is 0 Å². The minimum Gasteiger partial charge on any atom is -0.393 e. The summed E-state index contributed by atoms with van der Waals surface area (Å²) in [4.78, 5) is 6.69. The number of aliphatic hydroxyl groups is 1. The van der Waals surface area contributed by atoms with E-state index >= 15 is 0 Å². The van der Waals surface area contributed by atoms with Gasteiger partial charge in [-0.1, -0.05) is 0 Å². The van der Waals surface area contributed by atoms with Gasteiger partial charge >= 0.3 is 0 Å². The maximum atomic E-state index is 9.63. The lowest BCUT2D eigenvalue weighted by Crippen LogP contribution is -2.26. The lowest BCUT2D eigenvalue weighted by molar-refractivity contribution is 0.136. The van der Waals surface area contributed by atoms with Gasteiger partial charge in [0.25, 0.3) is 0 Å². The Morgan fingerprint density at radius 1 is 1.65 bits per heavy atom. The third kappa shape index (κ3) is 2.42. The SMILES string of the molecule is Cc1ccnc(N2CCC(C(C)O)C2)c1CN. The highest BCUT2D eigenvalue weighted by Crippen LogP contribution is 2.27. The number of rotatable bonds is 3. The molecule has 2 unspecified atom stereocenters. The van der Waals surface area contributed by atoms with Crippen LogP contribution in [0.25, 0.3) is 0 Å². The van der Waals surface area contributed by atoms with Crippen molar-refractivity contribution in [3.63, 3.8) is 0 Å². The molecular weight excluding hydrogens is 214 g/mol. The molecule has 0 spiro atoms. The van der Waals surface area contributed by atoms with E-state index in [1.54, 1.807) is 0 Å². The standard InChI is InChI=1S/C13H21N3O/c1-9-3-5-15-13(12(9)7-14)16-6-4-11(8-16)10(2)17/h3,5,10-11,17H,4,6-8,14H2,1-2H3. The number of hydrogen-bond donors (Lipinski definition) is 2. The average molecular weight is 235 g/mol. The Hall–Kier alpha value is -1.13. The van der Waals surface area contributed by atoms with E-state index in [-0.39, 0.29) is 6.10 Å². The molecule has 0 bridgehead atoms. The lowest BCUT2D eigenvalue weighted by Gasteiger charge is -2.22. The molecule has 1 aliphatic heterocycles. The van der Waals surface area contributed by atoms with Gasteiger partial charge in [0.2, 0.25) is 0 Å². The number of aliphatic hydroxyl groups excluding tert-OH is 1. The summed E-state index contributed by atoms with van der Waals surface area (Å²) in [7, 11) is 0. The van der Waals surface area contributed by atoms with Gasteiger partial charge in [-0.2, -0.15) is 0 Å². The molecule has 0 aliphatic carbocycles. The second-order valence-corrected chi connectivity index (χ2v) is 4.87. The zero-order valence-electron chi connectivity index (χ0n) is 10.6. The van der Waals surface area contributed by atoms with Crippen LogP contribution in [0.1, 0.15) is 24.5 Å². The lowest BCUT2D eigenvalue weighted by atomic mass is 10.0. The summed E-state index contributed by atoms with van der Waals surface area (Å²) in [5.74, 6) is 1.35. The number of nitrogens with zero attached hydrogens (tertiary/aromatic N) is 2. The van der Waals surface area contributed by atoms with E-state index in [9.17, 15) is 5.11 Å². The Kier molecular flexibility index (Phi) is 3.64. The molecule has 1 aromatic heterocycles. The number of nitrogens with two attached hydrogens (primary N) is 1. The fraction of sp³-hybridized carbons (Fsp3) is 0.615. The molecule has 0 aromatic carbocycles. The molecule has 2 atom stereocenters. The van der Waals surface area contributed by atoms with Crippen molar-refractivity contribution in [3.05, 3.63) is 23.4 Å². The Bertz CT molecular complexity index is 392. The molecule has 4 heteroatoms. The van der Waals surface area contributed by atoms with Crippen LogP contribution < -0.4 is 10.6 Å². The maximum absolute atomic E-state index is 9.63. The van der Waals surface area contributed by atoms with Crippen molar-refractivity contribution in [1.82, 2.24) is 4.98 Å². The fourth-order valence-corrected chi connectivity index (χ4v) is 2.47. The van der Waals surface area contributed by atoms with Gasteiger partial charge in [0.05, 0.1) is 6.10 Å². The van der Waals surface area contributed by atoms with E-state index in [1.165, 1.54) is 5.56 Å². The largest absolute Gasteiger partial charge is 0.393 e. The first kappa shape index (κ1) is 12.3. The van der Waals surface area contributed by atoms with Crippen LogP contribution in [0.2, 0.25) is 0 Å². The summed E-state index contributed by atoms with van der Waals surface area (Å²) in [6, 6.07) is 1.99. The second-order valence-electron chi connectivity index (χ2n) is 4.87. The smallest absolute Gasteiger partial charge is 0.133 e. The Labute approximate surface area is 102 Å². The van der Waals surface area contributed by atoms with Crippen LogP contribution in [0.15, 0.2) is 12.3 Å². The van der Waals surface area contributed by atoms with Crippen molar-refractivity contribution >= 4 is 5.82 Å². The second kappa shape index (κ2) is 5.02. The van der Waals surface area contributed by atoms with Crippen LogP contribution in [0.3, 0.4) is 0 Å². The van der Waals surface area contributed by atoms with Gasteiger partial charge in [-0.05, 0) is 31.9 Å². The predicted molar refractivity (Wildman–Crippen MR) is 68.9 cm³/mol. The van der Waals surface area contributed by atoms with Gasteiger partial charge in [0, 0.05) is 37.3 Å².